The highest BCUT2D eigenvalue weighted by atomic mass is 16.4. The van der Waals surface area contributed by atoms with Gasteiger partial charge in [-0.1, -0.05) is 31.0 Å². The number of aliphatic carboxylic acids is 1. The lowest BCUT2D eigenvalue weighted by atomic mass is 9.94. The van der Waals surface area contributed by atoms with Gasteiger partial charge in [-0.05, 0) is 24.5 Å². The van der Waals surface area contributed by atoms with Gasteiger partial charge in [-0.25, -0.2) is 0 Å². The molecule has 5 nitrogen and oxygen atoms in total. The smallest absolute Gasteiger partial charge is 0.312 e. The van der Waals surface area contributed by atoms with Gasteiger partial charge in [-0.3, -0.25) is 9.59 Å². The Morgan fingerprint density at radius 2 is 1.95 bits per heavy atom. The van der Waals surface area contributed by atoms with Gasteiger partial charge in [-0.2, -0.15) is 0 Å². The van der Waals surface area contributed by atoms with Crippen LogP contribution in [0.3, 0.4) is 0 Å². The molecule has 0 spiro atoms. The number of hydrogen-bond acceptors (Lipinski definition) is 3. The number of carbonyl (C=O) groups is 2. The fraction of sp³-hybridized carbons (Fsp3) is 0.500. The van der Waals surface area contributed by atoms with Crippen molar-refractivity contribution < 1.29 is 14.7 Å². The third-order valence-corrected chi connectivity index (χ3v) is 4.67. The number of benzene rings is 1. The summed E-state index contributed by atoms with van der Waals surface area (Å²) in [5, 5.41) is 9.33. The van der Waals surface area contributed by atoms with Crippen molar-refractivity contribution in [3.05, 3.63) is 29.8 Å². The number of carboxylic acids is 1. The van der Waals surface area contributed by atoms with Gasteiger partial charge in [0, 0.05) is 24.2 Å². The van der Waals surface area contributed by atoms with E-state index in [1.165, 1.54) is 0 Å². The Morgan fingerprint density at radius 3 is 2.62 bits per heavy atom. The van der Waals surface area contributed by atoms with Crippen LogP contribution < -0.4 is 10.6 Å². The van der Waals surface area contributed by atoms with Crippen LogP contribution >= 0.6 is 0 Å². The lowest BCUT2D eigenvalue weighted by Crippen LogP contribution is -2.43. The molecule has 1 aliphatic carbocycles. The number of carboxylic acid groups (broad SMARTS) is 1. The van der Waals surface area contributed by atoms with Crippen molar-refractivity contribution in [2.75, 3.05) is 11.4 Å². The predicted molar refractivity (Wildman–Crippen MR) is 79.2 cm³/mol. The molecule has 1 amide bonds. The minimum Gasteiger partial charge on any atom is -0.481 e. The number of fused-ring (bicyclic) bond motifs is 1. The highest BCUT2D eigenvalue weighted by Crippen LogP contribution is 2.38. The first-order valence-corrected chi connectivity index (χ1v) is 7.41. The summed E-state index contributed by atoms with van der Waals surface area (Å²) in [4.78, 5) is 25.6. The molecule has 0 aromatic heterocycles. The number of carbonyl (C=O) groups excluding carboxylic acids is 1. The van der Waals surface area contributed by atoms with Crippen LogP contribution in [0.1, 0.15) is 43.6 Å². The van der Waals surface area contributed by atoms with E-state index in [2.05, 4.69) is 0 Å². The fourth-order valence-electron chi connectivity index (χ4n) is 3.51. The zero-order valence-corrected chi connectivity index (χ0v) is 11.9. The Morgan fingerprint density at radius 1 is 1.29 bits per heavy atom. The molecule has 2 aliphatic rings. The SMILES string of the molecule is NC1(CC(=O)N2CC(C(=O)O)c3ccccc32)CCCC1. The summed E-state index contributed by atoms with van der Waals surface area (Å²) in [5.41, 5.74) is 7.31. The van der Waals surface area contributed by atoms with Crippen molar-refractivity contribution in [2.24, 2.45) is 5.73 Å². The van der Waals surface area contributed by atoms with Crippen LogP contribution in [0.15, 0.2) is 24.3 Å². The summed E-state index contributed by atoms with van der Waals surface area (Å²) in [6, 6.07) is 7.24. The van der Waals surface area contributed by atoms with Gasteiger partial charge in [-0.15, -0.1) is 0 Å². The quantitative estimate of drug-likeness (QED) is 0.889. The number of amides is 1. The van der Waals surface area contributed by atoms with Crippen LogP contribution in [0.2, 0.25) is 0 Å². The van der Waals surface area contributed by atoms with Gasteiger partial charge in [0.1, 0.15) is 5.92 Å². The number of anilines is 1. The van der Waals surface area contributed by atoms with Crippen molar-refractivity contribution in [3.63, 3.8) is 0 Å². The zero-order chi connectivity index (χ0) is 15.0. The van der Waals surface area contributed by atoms with E-state index in [1.54, 1.807) is 11.0 Å². The molecule has 0 saturated heterocycles. The third-order valence-electron chi connectivity index (χ3n) is 4.67. The maximum atomic E-state index is 12.6. The molecule has 3 N–H and O–H groups in total. The Labute approximate surface area is 123 Å². The maximum Gasteiger partial charge on any atom is 0.312 e. The van der Waals surface area contributed by atoms with E-state index in [4.69, 9.17) is 5.73 Å². The average molecular weight is 288 g/mol. The summed E-state index contributed by atoms with van der Waals surface area (Å²) >= 11 is 0. The molecule has 5 heteroatoms. The summed E-state index contributed by atoms with van der Waals surface area (Å²) in [6.07, 6.45) is 4.18. The van der Waals surface area contributed by atoms with Gasteiger partial charge in [0.15, 0.2) is 0 Å². The second-order valence-corrected chi connectivity index (χ2v) is 6.20. The molecule has 0 radical (unpaired) electrons. The van der Waals surface area contributed by atoms with Crippen molar-refractivity contribution >= 4 is 17.6 Å². The monoisotopic (exact) mass is 288 g/mol. The van der Waals surface area contributed by atoms with Crippen LogP contribution in [-0.4, -0.2) is 29.1 Å². The molecular weight excluding hydrogens is 268 g/mol. The van der Waals surface area contributed by atoms with E-state index in [0.29, 0.717) is 6.42 Å². The largest absolute Gasteiger partial charge is 0.481 e. The van der Waals surface area contributed by atoms with Gasteiger partial charge < -0.3 is 15.7 Å². The zero-order valence-electron chi connectivity index (χ0n) is 11.9. The van der Waals surface area contributed by atoms with Crippen LogP contribution in [0.25, 0.3) is 0 Å². The first-order chi connectivity index (χ1) is 10.0. The lowest BCUT2D eigenvalue weighted by molar-refractivity contribution is -0.138. The molecule has 21 heavy (non-hydrogen) atoms. The number of hydrogen-bond donors (Lipinski definition) is 2. The highest BCUT2D eigenvalue weighted by molar-refractivity contribution is 5.99. The molecule has 1 aromatic carbocycles. The van der Waals surface area contributed by atoms with E-state index in [-0.39, 0.29) is 12.5 Å². The van der Waals surface area contributed by atoms with Crippen LogP contribution in [0.5, 0.6) is 0 Å². The van der Waals surface area contributed by atoms with Gasteiger partial charge in [0.05, 0.1) is 0 Å². The summed E-state index contributed by atoms with van der Waals surface area (Å²) < 4.78 is 0. The lowest BCUT2D eigenvalue weighted by Gasteiger charge is -2.26. The molecular formula is C16H20N2O3. The van der Waals surface area contributed by atoms with E-state index >= 15 is 0 Å². The summed E-state index contributed by atoms with van der Waals surface area (Å²) in [5.74, 6) is -1.58. The molecule has 112 valence electrons. The molecule has 0 bridgehead atoms. The summed E-state index contributed by atoms with van der Waals surface area (Å²) in [7, 11) is 0. The Balaban J connectivity index is 1.83. The van der Waals surface area contributed by atoms with Crippen molar-refractivity contribution in [1.29, 1.82) is 0 Å². The van der Waals surface area contributed by atoms with Gasteiger partial charge in [0.25, 0.3) is 0 Å². The van der Waals surface area contributed by atoms with E-state index in [9.17, 15) is 14.7 Å². The molecule has 3 rings (SSSR count). The number of nitrogens with zero attached hydrogens (tertiary/aromatic N) is 1. The molecule has 1 aromatic rings. The van der Waals surface area contributed by atoms with Crippen molar-refractivity contribution in [1.82, 2.24) is 0 Å². The minimum atomic E-state index is -0.888. The number of rotatable bonds is 3. The van der Waals surface area contributed by atoms with E-state index in [1.807, 2.05) is 18.2 Å². The Hall–Kier alpha value is -1.88. The van der Waals surface area contributed by atoms with Crippen LogP contribution in [0, 0.1) is 0 Å². The number of para-hydroxylation sites is 1. The average Bonchev–Trinajstić information content (AvgIpc) is 3.02. The van der Waals surface area contributed by atoms with Crippen LogP contribution in [0.4, 0.5) is 5.69 Å². The normalized spacial score (nSPS) is 23.1. The third kappa shape index (κ3) is 2.53. The van der Waals surface area contributed by atoms with Crippen molar-refractivity contribution in [2.45, 2.75) is 43.6 Å². The molecule has 1 saturated carbocycles. The van der Waals surface area contributed by atoms with Crippen molar-refractivity contribution in [3.8, 4) is 0 Å². The minimum absolute atomic E-state index is 0.0596. The second kappa shape index (κ2) is 5.15. The Bertz CT molecular complexity index is 579. The molecule has 1 aliphatic heterocycles. The molecule has 1 fully saturated rings. The summed E-state index contributed by atoms with van der Waals surface area (Å²) in [6.45, 7) is 0.212. The number of nitrogens with two attached hydrogens (primary N) is 1. The molecule has 1 atom stereocenters. The first kappa shape index (κ1) is 14.1. The van der Waals surface area contributed by atoms with E-state index in [0.717, 1.165) is 36.9 Å². The Kier molecular flexibility index (Phi) is 3.45. The molecule has 1 heterocycles. The predicted octanol–water partition coefficient (Wildman–Crippen LogP) is 1.86. The first-order valence-electron chi connectivity index (χ1n) is 7.41. The molecule has 1 unspecified atom stereocenters. The maximum absolute atomic E-state index is 12.6. The fourth-order valence-corrected chi connectivity index (χ4v) is 3.51. The standard InChI is InChI=1S/C16H20N2O3/c17-16(7-3-4-8-16)9-14(19)18-10-12(15(20)21)11-5-1-2-6-13(11)18/h1-2,5-6,12H,3-4,7-10,17H2,(H,20,21). The second-order valence-electron chi connectivity index (χ2n) is 6.20. The topological polar surface area (TPSA) is 83.6 Å². The van der Waals surface area contributed by atoms with E-state index < -0.39 is 17.4 Å². The van der Waals surface area contributed by atoms with Gasteiger partial charge >= 0.3 is 5.97 Å². The highest BCUT2D eigenvalue weighted by Gasteiger charge is 2.39. The van der Waals surface area contributed by atoms with Crippen LogP contribution in [-0.2, 0) is 9.59 Å². The van der Waals surface area contributed by atoms with Gasteiger partial charge in [0.2, 0.25) is 5.91 Å².